The van der Waals surface area contributed by atoms with Crippen molar-refractivity contribution in [2.75, 3.05) is 13.2 Å². The first-order valence-electron chi connectivity index (χ1n) is 6.41. The molecule has 1 aliphatic heterocycles. The predicted octanol–water partition coefficient (Wildman–Crippen LogP) is 4.17. The number of benzene rings is 1. The standard InChI is InChI=1S/C15H15ClFNO/c1-10-5-13(16)12-7-11(8-18-14(12)6-10)15(17)3-2-4-19-9-15/h5-8H,2-4,9H2,1H3. The highest BCUT2D eigenvalue weighted by Gasteiger charge is 2.35. The Morgan fingerprint density at radius 1 is 1.37 bits per heavy atom. The van der Waals surface area contributed by atoms with Gasteiger partial charge in [-0.05, 0) is 43.5 Å². The lowest BCUT2D eigenvalue weighted by atomic mass is 9.90. The van der Waals surface area contributed by atoms with Crippen molar-refractivity contribution in [1.29, 1.82) is 0 Å². The second-order valence-corrected chi connectivity index (χ2v) is 5.57. The number of pyridine rings is 1. The van der Waals surface area contributed by atoms with Crippen molar-refractivity contribution in [2.24, 2.45) is 0 Å². The van der Waals surface area contributed by atoms with Crippen molar-refractivity contribution in [3.05, 3.63) is 40.5 Å². The largest absolute Gasteiger partial charge is 0.378 e. The van der Waals surface area contributed by atoms with Crippen LogP contribution in [0.3, 0.4) is 0 Å². The van der Waals surface area contributed by atoms with E-state index in [9.17, 15) is 4.39 Å². The molecule has 1 unspecified atom stereocenters. The smallest absolute Gasteiger partial charge is 0.160 e. The minimum absolute atomic E-state index is 0.101. The number of ether oxygens (including phenoxy) is 1. The third-order valence-corrected chi connectivity index (χ3v) is 3.92. The first-order valence-corrected chi connectivity index (χ1v) is 6.79. The molecule has 100 valence electrons. The van der Waals surface area contributed by atoms with Crippen LogP contribution >= 0.6 is 11.6 Å². The van der Waals surface area contributed by atoms with E-state index < -0.39 is 5.67 Å². The topological polar surface area (TPSA) is 22.1 Å². The molecular formula is C15H15ClFNO. The monoisotopic (exact) mass is 279 g/mol. The molecule has 4 heteroatoms. The molecule has 1 atom stereocenters. The molecule has 1 aromatic carbocycles. The van der Waals surface area contributed by atoms with Crippen molar-refractivity contribution in [2.45, 2.75) is 25.4 Å². The highest BCUT2D eigenvalue weighted by atomic mass is 35.5. The number of halogens is 2. The Hall–Kier alpha value is -1.19. The van der Waals surface area contributed by atoms with Gasteiger partial charge < -0.3 is 4.74 Å². The van der Waals surface area contributed by atoms with Gasteiger partial charge in [0.25, 0.3) is 0 Å². The minimum atomic E-state index is -1.44. The first-order chi connectivity index (χ1) is 9.08. The van der Waals surface area contributed by atoms with Gasteiger partial charge >= 0.3 is 0 Å². The average Bonchev–Trinajstić information content (AvgIpc) is 2.39. The molecule has 1 aromatic heterocycles. The number of hydrogen-bond donors (Lipinski definition) is 0. The molecular weight excluding hydrogens is 265 g/mol. The number of rotatable bonds is 1. The van der Waals surface area contributed by atoms with Crippen LogP contribution in [-0.2, 0) is 10.4 Å². The molecule has 0 aliphatic carbocycles. The Kier molecular flexibility index (Phi) is 3.19. The maximum atomic E-state index is 14.8. The molecule has 1 aliphatic rings. The van der Waals surface area contributed by atoms with E-state index in [1.165, 1.54) is 0 Å². The normalized spacial score (nSPS) is 23.7. The molecule has 0 bridgehead atoms. The van der Waals surface area contributed by atoms with Crippen LogP contribution in [-0.4, -0.2) is 18.2 Å². The van der Waals surface area contributed by atoms with Gasteiger partial charge in [0.1, 0.15) is 0 Å². The molecule has 1 fully saturated rings. The van der Waals surface area contributed by atoms with E-state index in [0.717, 1.165) is 22.9 Å². The SMILES string of the molecule is Cc1cc(Cl)c2cc(C3(F)CCCOC3)cnc2c1. The van der Waals surface area contributed by atoms with Gasteiger partial charge in [-0.15, -0.1) is 0 Å². The fourth-order valence-corrected chi connectivity index (χ4v) is 2.87. The molecule has 2 nitrogen and oxygen atoms in total. The van der Waals surface area contributed by atoms with Crippen LogP contribution in [0.25, 0.3) is 10.9 Å². The third-order valence-electron chi connectivity index (χ3n) is 3.60. The number of nitrogens with zero attached hydrogens (tertiary/aromatic N) is 1. The van der Waals surface area contributed by atoms with Gasteiger partial charge in [0.05, 0.1) is 17.1 Å². The zero-order valence-electron chi connectivity index (χ0n) is 10.7. The van der Waals surface area contributed by atoms with Crippen LogP contribution in [0.2, 0.25) is 5.02 Å². The molecule has 2 aromatic rings. The third kappa shape index (κ3) is 2.33. The van der Waals surface area contributed by atoms with Crippen LogP contribution in [0, 0.1) is 6.92 Å². The number of fused-ring (bicyclic) bond motifs is 1. The highest BCUT2D eigenvalue weighted by molar-refractivity contribution is 6.35. The second-order valence-electron chi connectivity index (χ2n) is 5.16. The molecule has 1 saturated heterocycles. The van der Waals surface area contributed by atoms with Crippen molar-refractivity contribution in [1.82, 2.24) is 4.98 Å². The average molecular weight is 280 g/mol. The molecule has 0 radical (unpaired) electrons. The molecule has 19 heavy (non-hydrogen) atoms. The van der Waals surface area contributed by atoms with Crippen LogP contribution in [0.5, 0.6) is 0 Å². The van der Waals surface area contributed by atoms with Gasteiger partial charge in [-0.1, -0.05) is 11.6 Å². The Bertz CT molecular complexity index is 623. The number of aromatic nitrogens is 1. The van der Waals surface area contributed by atoms with Crippen LogP contribution in [0.15, 0.2) is 24.4 Å². The van der Waals surface area contributed by atoms with E-state index in [1.807, 2.05) is 19.1 Å². The van der Waals surface area contributed by atoms with Crippen LogP contribution in [0.4, 0.5) is 4.39 Å². The fraction of sp³-hybridized carbons (Fsp3) is 0.400. The van der Waals surface area contributed by atoms with Gasteiger partial charge in [0.2, 0.25) is 0 Å². The summed E-state index contributed by atoms with van der Waals surface area (Å²) in [6.45, 7) is 2.70. The molecule has 0 spiro atoms. The van der Waals surface area contributed by atoms with Crippen molar-refractivity contribution < 1.29 is 9.13 Å². The lowest BCUT2D eigenvalue weighted by Gasteiger charge is -2.29. The van der Waals surface area contributed by atoms with Gasteiger partial charge in [0.15, 0.2) is 5.67 Å². The summed E-state index contributed by atoms with van der Waals surface area (Å²) in [6, 6.07) is 5.63. The minimum Gasteiger partial charge on any atom is -0.378 e. The maximum absolute atomic E-state index is 14.8. The van der Waals surface area contributed by atoms with E-state index in [-0.39, 0.29) is 6.61 Å². The summed E-state index contributed by atoms with van der Waals surface area (Å²) in [6.07, 6.45) is 2.81. The van der Waals surface area contributed by atoms with Crippen LogP contribution in [0.1, 0.15) is 24.0 Å². The van der Waals surface area contributed by atoms with E-state index in [4.69, 9.17) is 16.3 Å². The van der Waals surface area contributed by atoms with E-state index in [0.29, 0.717) is 23.6 Å². The van der Waals surface area contributed by atoms with Crippen molar-refractivity contribution >= 4 is 22.5 Å². The quantitative estimate of drug-likeness (QED) is 0.781. The fourth-order valence-electron chi connectivity index (χ4n) is 2.55. The summed E-state index contributed by atoms with van der Waals surface area (Å²) in [5, 5.41) is 1.41. The molecule has 0 saturated carbocycles. The number of hydrogen-bond acceptors (Lipinski definition) is 2. The summed E-state index contributed by atoms with van der Waals surface area (Å²) >= 11 is 6.22. The Labute approximate surface area is 116 Å². The molecule has 0 N–H and O–H groups in total. The summed E-state index contributed by atoms with van der Waals surface area (Å²) in [7, 11) is 0. The lowest BCUT2D eigenvalue weighted by Crippen LogP contribution is -2.31. The second kappa shape index (κ2) is 4.73. The lowest BCUT2D eigenvalue weighted by molar-refractivity contribution is -0.0348. The summed E-state index contributed by atoms with van der Waals surface area (Å²) in [5.41, 5.74) is 0.974. The van der Waals surface area contributed by atoms with Gasteiger partial charge in [-0.25, -0.2) is 4.39 Å². The number of alkyl halides is 1. The van der Waals surface area contributed by atoms with Crippen LogP contribution < -0.4 is 0 Å². The zero-order valence-corrected chi connectivity index (χ0v) is 11.5. The summed E-state index contributed by atoms with van der Waals surface area (Å²) in [4.78, 5) is 4.34. The molecule has 3 rings (SSSR count). The van der Waals surface area contributed by atoms with Gasteiger partial charge in [-0.3, -0.25) is 4.98 Å². The predicted molar refractivity (Wildman–Crippen MR) is 74.3 cm³/mol. The first kappa shape index (κ1) is 12.8. The molecule has 0 amide bonds. The van der Waals surface area contributed by atoms with E-state index in [2.05, 4.69) is 4.98 Å². The zero-order chi connectivity index (χ0) is 13.5. The Morgan fingerprint density at radius 2 is 2.21 bits per heavy atom. The van der Waals surface area contributed by atoms with Crippen molar-refractivity contribution in [3.63, 3.8) is 0 Å². The Morgan fingerprint density at radius 3 is 2.95 bits per heavy atom. The van der Waals surface area contributed by atoms with Gasteiger partial charge in [0, 0.05) is 23.8 Å². The highest BCUT2D eigenvalue weighted by Crippen LogP contribution is 2.36. The van der Waals surface area contributed by atoms with E-state index >= 15 is 0 Å². The van der Waals surface area contributed by atoms with Crippen molar-refractivity contribution in [3.8, 4) is 0 Å². The Balaban J connectivity index is 2.11. The maximum Gasteiger partial charge on any atom is 0.160 e. The summed E-state index contributed by atoms with van der Waals surface area (Å²) in [5.74, 6) is 0. The summed E-state index contributed by atoms with van der Waals surface area (Å²) < 4.78 is 20.1. The number of aryl methyl sites for hydroxylation is 1. The van der Waals surface area contributed by atoms with Gasteiger partial charge in [-0.2, -0.15) is 0 Å². The van der Waals surface area contributed by atoms with E-state index in [1.54, 1.807) is 12.3 Å². The molecule has 2 heterocycles.